The Morgan fingerprint density at radius 2 is 2.12 bits per heavy atom. The summed E-state index contributed by atoms with van der Waals surface area (Å²) in [6.45, 7) is 0. The number of nitrogens with zero attached hydrogens (tertiary/aromatic N) is 6. The van der Waals surface area contributed by atoms with Crippen molar-refractivity contribution in [2.75, 3.05) is 12.4 Å². The van der Waals surface area contributed by atoms with Crippen molar-refractivity contribution >= 4 is 23.4 Å². The normalized spacial score (nSPS) is 16.1. The van der Waals surface area contributed by atoms with Crippen molar-refractivity contribution in [3.63, 3.8) is 0 Å². The molecule has 12 nitrogen and oxygen atoms in total. The molecule has 0 saturated heterocycles. The van der Waals surface area contributed by atoms with Gasteiger partial charge in [-0.15, -0.1) is 5.10 Å². The minimum atomic E-state index is -1.73. The molecule has 0 bridgehead atoms. The summed E-state index contributed by atoms with van der Waals surface area (Å²) in [5.74, 6) is -0.529. The van der Waals surface area contributed by atoms with Crippen molar-refractivity contribution in [1.82, 2.24) is 30.2 Å². The van der Waals surface area contributed by atoms with Gasteiger partial charge in [-0.3, -0.25) is 5.32 Å². The number of carbonyl (C=O) groups excluding carboxylic acids is 1. The van der Waals surface area contributed by atoms with Crippen molar-refractivity contribution < 1.29 is 23.8 Å². The first-order chi connectivity index (χ1) is 19.3. The summed E-state index contributed by atoms with van der Waals surface area (Å²) in [5, 5.41) is 39.2. The van der Waals surface area contributed by atoms with Crippen LogP contribution < -0.4 is 10.0 Å². The number of aromatic amines is 1. The van der Waals surface area contributed by atoms with Gasteiger partial charge < -0.3 is 20.0 Å². The fraction of sp³-hybridized carbons (Fsp3) is 0.154. The third kappa shape index (κ3) is 4.30. The Balaban J connectivity index is 1.35. The molecular formula is C26H20ClFN8O4. The summed E-state index contributed by atoms with van der Waals surface area (Å²) < 4.78 is 21.5. The topological polar surface area (TPSA) is 158 Å². The number of aromatic nitrogens is 7. The van der Waals surface area contributed by atoms with Gasteiger partial charge in [0.2, 0.25) is 11.3 Å². The Labute approximate surface area is 230 Å². The van der Waals surface area contributed by atoms with E-state index in [1.54, 1.807) is 18.2 Å². The number of rotatable bonds is 5. The van der Waals surface area contributed by atoms with E-state index < -0.39 is 17.5 Å². The van der Waals surface area contributed by atoms with E-state index in [1.165, 1.54) is 42.6 Å². The summed E-state index contributed by atoms with van der Waals surface area (Å²) in [6.07, 6.45) is 4.01. The lowest BCUT2D eigenvalue weighted by molar-refractivity contribution is -0.620. The molecule has 6 rings (SSSR count). The Hall–Kier alpha value is -4.88. The summed E-state index contributed by atoms with van der Waals surface area (Å²) in [4.78, 5) is 18.7. The van der Waals surface area contributed by atoms with Crippen LogP contribution in [0.4, 0.5) is 14.9 Å². The number of halogens is 2. The molecule has 5 aromatic rings. The first-order valence-corrected chi connectivity index (χ1v) is 12.4. The lowest BCUT2D eigenvalue weighted by atomic mass is 9.98. The molecular weight excluding hydrogens is 543 g/mol. The number of aliphatic hydroxyl groups is 1. The van der Waals surface area contributed by atoms with Gasteiger partial charge in [0.1, 0.15) is 18.0 Å². The molecule has 1 atom stereocenters. The smallest absolute Gasteiger partial charge is 0.411 e. The molecule has 3 aromatic heterocycles. The number of aryl methyl sites for hydroxylation is 1. The Bertz CT molecular complexity index is 1760. The van der Waals surface area contributed by atoms with Crippen LogP contribution in [0.3, 0.4) is 0 Å². The van der Waals surface area contributed by atoms with Crippen molar-refractivity contribution in [2.45, 2.75) is 18.4 Å². The highest BCUT2D eigenvalue weighted by Crippen LogP contribution is 2.41. The number of hydrogen-bond acceptors (Lipinski definition) is 8. The summed E-state index contributed by atoms with van der Waals surface area (Å²) >= 11 is 6.26. The van der Waals surface area contributed by atoms with Crippen molar-refractivity contribution in [3.05, 3.63) is 94.3 Å². The average Bonchev–Trinajstić information content (AvgIpc) is 3.70. The molecule has 0 radical (unpaired) electrons. The highest BCUT2D eigenvalue weighted by Gasteiger charge is 2.48. The average molecular weight is 563 g/mol. The minimum Gasteiger partial charge on any atom is -0.618 e. The molecule has 1 aliphatic rings. The number of fused-ring (bicyclic) bond motifs is 1. The number of benzene rings is 2. The summed E-state index contributed by atoms with van der Waals surface area (Å²) in [6, 6.07) is 11.1. The lowest BCUT2D eigenvalue weighted by Crippen LogP contribution is -2.42. The number of pyridine rings is 1. The van der Waals surface area contributed by atoms with Crippen LogP contribution in [0.25, 0.3) is 28.1 Å². The second-order valence-electron chi connectivity index (χ2n) is 9.16. The third-order valence-corrected chi connectivity index (χ3v) is 7.02. The number of imidazole rings is 1. The fourth-order valence-corrected chi connectivity index (χ4v) is 5.11. The van der Waals surface area contributed by atoms with Gasteiger partial charge in [0, 0.05) is 33.0 Å². The predicted molar refractivity (Wildman–Crippen MR) is 140 cm³/mol. The molecule has 0 aliphatic heterocycles. The van der Waals surface area contributed by atoms with Crippen LogP contribution in [0.1, 0.15) is 23.5 Å². The van der Waals surface area contributed by atoms with Gasteiger partial charge in [0.05, 0.1) is 24.7 Å². The lowest BCUT2D eigenvalue weighted by Gasteiger charge is -2.20. The standard InChI is InChI=1S/C26H20ClFN8O4/c1-40-25(37)31-17-3-4-18(20(28)10-17)21-11-29-24(32-21)26(38)7-6-14-8-15(12-36(39)23(14)26)19-9-16(27)2-5-22(19)35-13-30-33-34-35/h2-5,8-13,38H,6-7H2,1H3,(H,29,32)(H,31,37). The first-order valence-electron chi connectivity index (χ1n) is 12.0. The van der Waals surface area contributed by atoms with Crippen LogP contribution in [-0.2, 0) is 16.8 Å². The second-order valence-corrected chi connectivity index (χ2v) is 9.60. The highest BCUT2D eigenvalue weighted by molar-refractivity contribution is 6.31. The molecule has 202 valence electrons. The maximum Gasteiger partial charge on any atom is 0.411 e. The van der Waals surface area contributed by atoms with Crippen LogP contribution >= 0.6 is 11.6 Å². The molecule has 0 spiro atoms. The quantitative estimate of drug-likeness (QED) is 0.217. The zero-order valence-corrected chi connectivity index (χ0v) is 21.6. The molecule has 2 aromatic carbocycles. The number of anilines is 1. The first kappa shape index (κ1) is 25.4. The monoisotopic (exact) mass is 562 g/mol. The van der Waals surface area contributed by atoms with Crippen molar-refractivity contribution in [2.24, 2.45) is 0 Å². The van der Waals surface area contributed by atoms with E-state index in [1.807, 2.05) is 6.07 Å². The van der Waals surface area contributed by atoms with Gasteiger partial charge in [-0.1, -0.05) is 11.6 Å². The van der Waals surface area contributed by atoms with E-state index >= 15 is 0 Å². The van der Waals surface area contributed by atoms with E-state index in [-0.39, 0.29) is 34.9 Å². The van der Waals surface area contributed by atoms with Gasteiger partial charge in [-0.05, 0) is 65.7 Å². The van der Waals surface area contributed by atoms with E-state index in [9.17, 15) is 19.5 Å². The maximum absolute atomic E-state index is 14.9. The van der Waals surface area contributed by atoms with E-state index in [2.05, 4.69) is 35.5 Å². The summed E-state index contributed by atoms with van der Waals surface area (Å²) in [5.41, 5.74) is 1.49. The number of hydrogen-bond donors (Lipinski definition) is 3. The van der Waals surface area contributed by atoms with Gasteiger partial charge in [0.15, 0.2) is 6.20 Å². The minimum absolute atomic E-state index is 0.104. The number of carbonyl (C=O) groups is 1. The third-order valence-electron chi connectivity index (χ3n) is 6.78. The van der Waals surface area contributed by atoms with Crippen LogP contribution in [-0.4, -0.2) is 48.5 Å². The van der Waals surface area contributed by atoms with Crippen LogP contribution in [0.2, 0.25) is 5.02 Å². The number of amides is 1. The van der Waals surface area contributed by atoms with Crippen LogP contribution in [0.5, 0.6) is 0 Å². The van der Waals surface area contributed by atoms with Gasteiger partial charge in [0.25, 0.3) is 0 Å². The van der Waals surface area contributed by atoms with Gasteiger partial charge in [-0.2, -0.15) is 9.41 Å². The largest absolute Gasteiger partial charge is 0.618 e. The second kappa shape index (κ2) is 9.70. The number of tetrazole rings is 1. The Morgan fingerprint density at radius 1 is 1.27 bits per heavy atom. The van der Waals surface area contributed by atoms with Gasteiger partial charge in [-0.25, -0.2) is 14.2 Å². The molecule has 1 amide bonds. The molecule has 3 N–H and O–H groups in total. The molecule has 1 unspecified atom stereocenters. The molecule has 14 heteroatoms. The van der Waals surface area contributed by atoms with Gasteiger partial charge >= 0.3 is 6.09 Å². The maximum atomic E-state index is 14.9. The highest BCUT2D eigenvalue weighted by atomic mass is 35.5. The zero-order valence-electron chi connectivity index (χ0n) is 20.8. The van der Waals surface area contributed by atoms with Crippen molar-refractivity contribution in [1.29, 1.82) is 0 Å². The zero-order chi connectivity index (χ0) is 28.0. The van der Waals surface area contributed by atoms with Crippen LogP contribution in [0, 0.1) is 11.0 Å². The van der Waals surface area contributed by atoms with Crippen molar-refractivity contribution in [3.8, 4) is 28.1 Å². The van der Waals surface area contributed by atoms with Crippen LogP contribution in [0.15, 0.2) is 61.2 Å². The number of H-pyrrole nitrogens is 1. The van der Waals surface area contributed by atoms with E-state index in [0.717, 1.165) is 6.07 Å². The molecule has 40 heavy (non-hydrogen) atoms. The van der Waals surface area contributed by atoms with E-state index in [4.69, 9.17) is 11.6 Å². The Kier molecular flexibility index (Phi) is 6.16. The number of ether oxygens (including phenoxy) is 1. The molecule has 3 heterocycles. The predicted octanol–water partition coefficient (Wildman–Crippen LogP) is 3.51. The molecule has 1 aliphatic carbocycles. The Morgan fingerprint density at radius 3 is 2.88 bits per heavy atom. The molecule has 0 saturated carbocycles. The summed E-state index contributed by atoms with van der Waals surface area (Å²) in [7, 11) is 1.20. The fourth-order valence-electron chi connectivity index (χ4n) is 4.94. The molecule has 0 fully saturated rings. The van der Waals surface area contributed by atoms with E-state index in [0.29, 0.717) is 38.6 Å². The number of methoxy groups -OCH3 is 1. The number of nitrogens with one attached hydrogen (secondary N) is 2. The SMILES string of the molecule is COC(=O)Nc1ccc(-c2cnc(C3(O)CCc4cc(-c5cc(Cl)ccc5-n5cnnn5)c[n+]([O-])c43)[nH]2)c(F)c1.